The number of carbonyl (C=O) groups is 1. The molecule has 214 valence electrons. The van der Waals surface area contributed by atoms with Gasteiger partial charge in [-0.1, -0.05) is 63.0 Å². The second kappa shape index (κ2) is 14.4. The smallest absolute Gasteiger partial charge is 0.286 e. The van der Waals surface area contributed by atoms with Gasteiger partial charge in [-0.25, -0.2) is 13.2 Å². The van der Waals surface area contributed by atoms with Crippen molar-refractivity contribution in [2.45, 2.75) is 97.1 Å². The van der Waals surface area contributed by atoms with Gasteiger partial charge in [0.1, 0.15) is 4.34 Å². The second-order valence-electron chi connectivity index (χ2n) is 10.6. The van der Waals surface area contributed by atoms with E-state index < -0.39 is 30.3 Å². The highest BCUT2D eigenvalue weighted by molar-refractivity contribution is 7.18. The number of rotatable bonds is 8. The maximum atomic E-state index is 13.9. The zero-order chi connectivity index (χ0) is 28.6. The van der Waals surface area contributed by atoms with Crippen molar-refractivity contribution in [1.29, 1.82) is 0 Å². The molecular weight excluding hydrogens is 547 g/mol. The van der Waals surface area contributed by atoms with E-state index in [2.05, 4.69) is 31.0 Å². The van der Waals surface area contributed by atoms with Gasteiger partial charge in [0.25, 0.3) is 17.9 Å². The Hall–Kier alpha value is -2.28. The summed E-state index contributed by atoms with van der Waals surface area (Å²) < 4.78 is 40.3. The quantitative estimate of drug-likeness (QED) is 0.317. The van der Waals surface area contributed by atoms with E-state index in [4.69, 9.17) is 17.3 Å². The van der Waals surface area contributed by atoms with Gasteiger partial charge in [0.15, 0.2) is 5.82 Å². The Morgan fingerprint density at radius 1 is 1.28 bits per heavy atom. The lowest BCUT2D eigenvalue weighted by Gasteiger charge is -2.36. The number of anilines is 1. The minimum atomic E-state index is -2.85. The number of nitrogens with zero attached hydrogens (tertiary/aromatic N) is 1. The highest BCUT2D eigenvalue weighted by Gasteiger charge is 2.32. The van der Waals surface area contributed by atoms with Crippen molar-refractivity contribution in [2.75, 3.05) is 5.32 Å². The molecule has 1 saturated carbocycles. The van der Waals surface area contributed by atoms with E-state index in [1.165, 1.54) is 25.7 Å². The van der Waals surface area contributed by atoms with Crippen molar-refractivity contribution in [3.8, 4) is 11.8 Å². The molecule has 1 aliphatic carbocycles. The van der Waals surface area contributed by atoms with Crippen molar-refractivity contribution < 1.29 is 18.0 Å². The van der Waals surface area contributed by atoms with Crippen LogP contribution in [0.1, 0.15) is 93.3 Å². The molecule has 1 aliphatic rings. The first kappa shape index (κ1) is 31.3. The first-order valence-electron chi connectivity index (χ1n) is 13.6. The van der Waals surface area contributed by atoms with Crippen molar-refractivity contribution in [1.82, 2.24) is 4.57 Å². The van der Waals surface area contributed by atoms with Gasteiger partial charge >= 0.3 is 0 Å². The third-order valence-electron chi connectivity index (χ3n) is 7.31. The molecule has 3 rings (SSSR count). The number of halogens is 4. The average molecular weight is 584 g/mol. The lowest BCUT2D eigenvalue weighted by Crippen LogP contribution is -2.32. The van der Waals surface area contributed by atoms with E-state index >= 15 is 0 Å². The molecule has 0 saturated heterocycles. The van der Waals surface area contributed by atoms with Gasteiger partial charge in [0, 0.05) is 24.2 Å². The number of nitrogens with two attached hydrogens (primary N) is 1. The summed E-state index contributed by atoms with van der Waals surface area (Å²) in [6.45, 7) is 3.51. The third-order valence-corrected chi connectivity index (χ3v) is 8.67. The summed E-state index contributed by atoms with van der Waals surface area (Å²) in [5, 5.41) is 2.45. The van der Waals surface area contributed by atoms with Gasteiger partial charge < -0.3 is 15.6 Å². The molecule has 0 bridgehead atoms. The van der Waals surface area contributed by atoms with Crippen LogP contribution in [0.15, 0.2) is 23.1 Å². The molecule has 2 aromatic heterocycles. The molecule has 2 heterocycles. The zero-order valence-electron chi connectivity index (χ0n) is 22.5. The number of hydrogen-bond donors (Lipinski definition) is 2. The van der Waals surface area contributed by atoms with Gasteiger partial charge in [0.05, 0.1) is 22.7 Å². The van der Waals surface area contributed by atoms with Crippen molar-refractivity contribution in [3.05, 3.63) is 49.3 Å². The van der Waals surface area contributed by atoms with Crippen LogP contribution in [0.4, 0.5) is 18.9 Å². The lowest BCUT2D eigenvalue weighted by atomic mass is 9.71. The summed E-state index contributed by atoms with van der Waals surface area (Å²) in [4.78, 5) is 24.7. The Balaban J connectivity index is 1.72. The summed E-state index contributed by atoms with van der Waals surface area (Å²) in [5.74, 6) is 4.76. The molecule has 10 heteroatoms. The topological polar surface area (TPSA) is 77.1 Å². The molecule has 1 amide bonds. The van der Waals surface area contributed by atoms with E-state index in [-0.39, 0.29) is 22.5 Å². The van der Waals surface area contributed by atoms with Crippen LogP contribution >= 0.6 is 22.9 Å². The van der Waals surface area contributed by atoms with E-state index in [0.29, 0.717) is 19.9 Å². The van der Waals surface area contributed by atoms with E-state index in [1.807, 2.05) is 0 Å². The average Bonchev–Trinajstić information content (AvgIpc) is 3.25. The summed E-state index contributed by atoms with van der Waals surface area (Å²) in [5.41, 5.74) is 6.17. The van der Waals surface area contributed by atoms with Crippen LogP contribution < -0.4 is 16.6 Å². The lowest BCUT2D eigenvalue weighted by molar-refractivity contribution is 0.103. The molecule has 0 spiro atoms. The molecule has 0 aromatic carbocycles. The molecule has 2 aromatic rings. The first-order chi connectivity index (χ1) is 18.6. The van der Waals surface area contributed by atoms with Crippen molar-refractivity contribution in [2.24, 2.45) is 17.1 Å². The van der Waals surface area contributed by atoms with Gasteiger partial charge in [-0.15, -0.1) is 11.3 Å². The number of alkyl halides is 2. The monoisotopic (exact) mass is 583 g/mol. The Morgan fingerprint density at radius 3 is 2.67 bits per heavy atom. The first-order valence-corrected chi connectivity index (χ1v) is 14.8. The van der Waals surface area contributed by atoms with E-state index in [9.17, 15) is 22.8 Å². The molecule has 2 unspecified atom stereocenters. The predicted molar refractivity (Wildman–Crippen MR) is 152 cm³/mol. The summed E-state index contributed by atoms with van der Waals surface area (Å²) in [6, 6.07) is 2.44. The van der Waals surface area contributed by atoms with Crippen LogP contribution in [-0.4, -0.2) is 22.9 Å². The van der Waals surface area contributed by atoms with E-state index in [1.54, 1.807) is 6.07 Å². The Morgan fingerprint density at radius 2 is 2.00 bits per heavy atom. The van der Waals surface area contributed by atoms with Crippen LogP contribution in [0.2, 0.25) is 4.34 Å². The van der Waals surface area contributed by atoms with Gasteiger partial charge in [-0.2, -0.15) is 0 Å². The zero-order valence-corrected chi connectivity index (χ0v) is 24.1. The van der Waals surface area contributed by atoms with Gasteiger partial charge in [-0.05, 0) is 50.0 Å². The Bertz CT molecular complexity index is 1240. The Labute approximate surface area is 237 Å². The van der Waals surface area contributed by atoms with E-state index in [0.717, 1.165) is 62.1 Å². The minimum absolute atomic E-state index is 0.0773. The number of carbonyl (C=O) groups excluding carboxylic acids is 1. The fourth-order valence-corrected chi connectivity index (χ4v) is 6.86. The standard InChI is InChI=1S/C29H37ClF3N3O2S/c1-3-10-29(11-4-2)12-6-5-7-19(13-21(34)16-29)8-9-20-14-24(39-26(20)30)27(37)35-22-15-23(31)28(38)36(17-22)18-25(32)33/h14-15,17,19,21,25H,3-7,10-13,16,18,34H2,1-2H3,(H,35,37). The summed E-state index contributed by atoms with van der Waals surface area (Å²) in [6.07, 6.45) is 9.15. The van der Waals surface area contributed by atoms with Crippen LogP contribution in [0.25, 0.3) is 0 Å². The van der Waals surface area contributed by atoms with Gasteiger partial charge in [0.2, 0.25) is 0 Å². The predicted octanol–water partition coefficient (Wildman–Crippen LogP) is 7.46. The molecule has 2 atom stereocenters. The van der Waals surface area contributed by atoms with Crippen LogP contribution in [0, 0.1) is 29.0 Å². The number of amides is 1. The molecule has 0 aliphatic heterocycles. The minimum Gasteiger partial charge on any atom is -0.328 e. The number of nitrogens with one attached hydrogen (secondary N) is 1. The van der Waals surface area contributed by atoms with Crippen molar-refractivity contribution >= 4 is 34.5 Å². The highest BCUT2D eigenvalue weighted by atomic mass is 35.5. The molecule has 3 N–H and O–H groups in total. The number of aromatic nitrogens is 1. The molecular formula is C29H37ClF3N3O2S. The number of hydrogen-bond acceptors (Lipinski definition) is 4. The SMILES string of the molecule is CCCC1(CCC)CCCCC(C#Cc2cc(C(=O)Nc3cc(F)c(=O)n(CC(F)F)c3)sc2Cl)CC(N)C1. The number of thiophene rings is 1. The molecule has 39 heavy (non-hydrogen) atoms. The molecule has 0 radical (unpaired) electrons. The normalized spacial score (nSPS) is 19.5. The fraction of sp³-hybridized carbons (Fsp3) is 0.586. The molecule has 1 fully saturated rings. The third kappa shape index (κ3) is 8.86. The van der Waals surface area contributed by atoms with Crippen LogP contribution in [-0.2, 0) is 6.54 Å². The van der Waals surface area contributed by atoms with Gasteiger partial charge in [-0.3, -0.25) is 9.59 Å². The maximum absolute atomic E-state index is 13.9. The maximum Gasteiger partial charge on any atom is 0.286 e. The number of pyridine rings is 1. The van der Waals surface area contributed by atoms with Crippen LogP contribution in [0.5, 0.6) is 0 Å². The summed E-state index contributed by atoms with van der Waals surface area (Å²) >= 11 is 7.40. The fourth-order valence-electron chi connectivity index (χ4n) is 5.78. The highest BCUT2D eigenvalue weighted by Crippen LogP contribution is 2.42. The second-order valence-corrected chi connectivity index (χ2v) is 12.2. The Kier molecular flexibility index (Phi) is 11.5. The largest absolute Gasteiger partial charge is 0.328 e. The molecule has 5 nitrogen and oxygen atoms in total. The van der Waals surface area contributed by atoms with Crippen molar-refractivity contribution in [3.63, 3.8) is 0 Å². The summed E-state index contributed by atoms with van der Waals surface area (Å²) in [7, 11) is 0. The van der Waals surface area contributed by atoms with Crippen LogP contribution in [0.3, 0.4) is 0 Å².